The Balaban J connectivity index is 1.84. The number of rotatable bonds is 2. The van der Waals surface area contributed by atoms with Gasteiger partial charge in [0.25, 0.3) is 5.91 Å². The van der Waals surface area contributed by atoms with Gasteiger partial charge in [-0.1, -0.05) is 23.3 Å². The van der Waals surface area contributed by atoms with Gasteiger partial charge in [-0.05, 0) is 42.8 Å². The summed E-state index contributed by atoms with van der Waals surface area (Å²) in [6, 6.07) is 11.3. The van der Waals surface area contributed by atoms with Crippen LogP contribution in [0, 0.1) is 19.3 Å². The normalized spacial score (nSPS) is 11.8. The van der Waals surface area contributed by atoms with Crippen LogP contribution in [0.5, 0.6) is 0 Å². The molecule has 0 radical (unpaired) electrons. The molecular formula is C20H14N4OS. The smallest absolute Gasteiger partial charge is 0.279 e. The second-order valence-corrected chi connectivity index (χ2v) is 6.83. The van der Waals surface area contributed by atoms with Crippen LogP contribution in [-0.4, -0.2) is 20.4 Å². The van der Waals surface area contributed by atoms with Gasteiger partial charge in [-0.3, -0.25) is 14.8 Å². The van der Waals surface area contributed by atoms with Crippen molar-refractivity contribution < 1.29 is 4.79 Å². The van der Waals surface area contributed by atoms with Crippen molar-refractivity contribution in [3.8, 4) is 12.3 Å². The zero-order valence-corrected chi connectivity index (χ0v) is 14.8. The summed E-state index contributed by atoms with van der Waals surface area (Å²) < 4.78 is 2.94. The quantitative estimate of drug-likeness (QED) is 0.517. The molecule has 2 heterocycles. The van der Waals surface area contributed by atoms with Crippen LogP contribution in [-0.2, 0) is 6.54 Å². The molecule has 126 valence electrons. The van der Waals surface area contributed by atoms with Crippen LogP contribution in [0.3, 0.4) is 0 Å². The van der Waals surface area contributed by atoms with Crippen LogP contribution in [0.2, 0.25) is 0 Å². The Morgan fingerprint density at radius 3 is 2.81 bits per heavy atom. The Bertz CT molecular complexity index is 1260. The van der Waals surface area contributed by atoms with Gasteiger partial charge in [0, 0.05) is 18.0 Å². The molecule has 5 nitrogen and oxygen atoms in total. The number of hydrogen-bond donors (Lipinski definition) is 0. The van der Waals surface area contributed by atoms with Crippen molar-refractivity contribution in [1.82, 2.24) is 14.5 Å². The topological polar surface area (TPSA) is 60.1 Å². The van der Waals surface area contributed by atoms with E-state index in [0.717, 1.165) is 21.3 Å². The molecule has 0 bridgehead atoms. The third-order valence-electron chi connectivity index (χ3n) is 4.00. The number of amides is 1. The average molecular weight is 358 g/mol. The lowest BCUT2D eigenvalue weighted by Gasteiger charge is -2.01. The van der Waals surface area contributed by atoms with E-state index in [0.29, 0.717) is 22.4 Å². The summed E-state index contributed by atoms with van der Waals surface area (Å²) >= 11 is 1.46. The summed E-state index contributed by atoms with van der Waals surface area (Å²) in [7, 11) is 0. The zero-order valence-electron chi connectivity index (χ0n) is 14.0. The minimum Gasteiger partial charge on any atom is -0.305 e. The van der Waals surface area contributed by atoms with E-state index >= 15 is 0 Å². The average Bonchev–Trinajstić information content (AvgIpc) is 2.98. The predicted octanol–water partition coefficient (Wildman–Crippen LogP) is 3.33. The van der Waals surface area contributed by atoms with Crippen molar-refractivity contribution >= 4 is 38.5 Å². The van der Waals surface area contributed by atoms with Crippen molar-refractivity contribution in [2.24, 2.45) is 4.99 Å². The summed E-state index contributed by atoms with van der Waals surface area (Å²) in [5.41, 5.74) is 4.01. The van der Waals surface area contributed by atoms with Crippen LogP contribution in [0.1, 0.15) is 15.9 Å². The molecule has 0 saturated carbocycles. The Morgan fingerprint density at radius 1 is 1.19 bits per heavy atom. The number of nitrogens with zero attached hydrogens (tertiary/aromatic N) is 4. The largest absolute Gasteiger partial charge is 0.305 e. The fourth-order valence-electron chi connectivity index (χ4n) is 2.76. The van der Waals surface area contributed by atoms with E-state index in [-0.39, 0.29) is 5.91 Å². The standard InChI is InChI=1S/C20H14N4OS/c1-3-10-24-17-7-4-13(2)11-18(17)26-20(24)23-19(25)14-5-6-15-16(12-14)22-9-8-21-15/h1,4-9,11-12H,10H2,2H3. The van der Waals surface area contributed by atoms with Gasteiger partial charge in [0.05, 0.1) is 27.8 Å². The van der Waals surface area contributed by atoms with E-state index in [4.69, 9.17) is 6.42 Å². The van der Waals surface area contributed by atoms with Crippen molar-refractivity contribution in [1.29, 1.82) is 0 Å². The summed E-state index contributed by atoms with van der Waals surface area (Å²) in [6.45, 7) is 2.39. The number of thiazole rings is 1. The van der Waals surface area contributed by atoms with Gasteiger partial charge in [0.1, 0.15) is 0 Å². The van der Waals surface area contributed by atoms with E-state index in [9.17, 15) is 4.79 Å². The Morgan fingerprint density at radius 2 is 2.00 bits per heavy atom. The Kier molecular flexibility index (Phi) is 4.07. The maximum Gasteiger partial charge on any atom is 0.279 e. The van der Waals surface area contributed by atoms with E-state index < -0.39 is 0 Å². The molecule has 0 aliphatic heterocycles. The Hall–Kier alpha value is -3.30. The number of carbonyl (C=O) groups is 1. The first-order valence-corrected chi connectivity index (χ1v) is 8.80. The molecule has 0 aliphatic carbocycles. The number of carbonyl (C=O) groups excluding carboxylic acids is 1. The summed E-state index contributed by atoms with van der Waals surface area (Å²) in [5, 5.41) is 0. The fourth-order valence-corrected chi connectivity index (χ4v) is 3.88. The molecule has 0 N–H and O–H groups in total. The molecule has 0 aliphatic rings. The monoisotopic (exact) mass is 358 g/mol. The second-order valence-electron chi connectivity index (χ2n) is 5.82. The predicted molar refractivity (Wildman–Crippen MR) is 103 cm³/mol. The second kappa shape index (κ2) is 6.54. The van der Waals surface area contributed by atoms with Crippen LogP contribution in [0.4, 0.5) is 0 Å². The maximum atomic E-state index is 12.7. The highest BCUT2D eigenvalue weighted by Crippen LogP contribution is 2.19. The van der Waals surface area contributed by atoms with Gasteiger partial charge in [0.2, 0.25) is 0 Å². The van der Waals surface area contributed by atoms with Crippen molar-refractivity contribution in [2.45, 2.75) is 13.5 Å². The fraction of sp³-hybridized carbons (Fsp3) is 0.100. The first-order chi connectivity index (χ1) is 12.7. The summed E-state index contributed by atoms with van der Waals surface area (Å²) in [6.07, 6.45) is 8.73. The van der Waals surface area contributed by atoms with E-state index in [1.807, 2.05) is 23.6 Å². The van der Waals surface area contributed by atoms with E-state index in [1.165, 1.54) is 11.3 Å². The molecule has 4 rings (SSSR count). The van der Waals surface area contributed by atoms with Gasteiger partial charge in [-0.2, -0.15) is 4.99 Å². The third-order valence-corrected chi connectivity index (χ3v) is 5.04. The van der Waals surface area contributed by atoms with Crippen molar-refractivity contribution in [2.75, 3.05) is 0 Å². The SMILES string of the molecule is C#CCn1c(=NC(=O)c2ccc3nccnc3c2)sc2cc(C)ccc21. The van der Waals surface area contributed by atoms with E-state index in [2.05, 4.69) is 26.9 Å². The molecule has 2 aromatic heterocycles. The number of fused-ring (bicyclic) bond motifs is 2. The van der Waals surface area contributed by atoms with Crippen LogP contribution in [0.25, 0.3) is 21.3 Å². The highest BCUT2D eigenvalue weighted by Gasteiger charge is 2.10. The van der Waals surface area contributed by atoms with Gasteiger partial charge in [-0.25, -0.2) is 0 Å². The molecule has 26 heavy (non-hydrogen) atoms. The summed E-state index contributed by atoms with van der Waals surface area (Å²) in [5.74, 6) is 2.31. The molecule has 0 atom stereocenters. The molecule has 2 aromatic carbocycles. The molecule has 0 unspecified atom stereocenters. The minimum absolute atomic E-state index is 0.327. The van der Waals surface area contributed by atoms with Gasteiger partial charge < -0.3 is 4.57 Å². The highest BCUT2D eigenvalue weighted by atomic mass is 32.1. The third kappa shape index (κ3) is 2.89. The first kappa shape index (κ1) is 16.2. The van der Waals surface area contributed by atoms with Gasteiger partial charge >= 0.3 is 0 Å². The molecular weight excluding hydrogens is 344 g/mol. The summed E-state index contributed by atoms with van der Waals surface area (Å²) in [4.78, 5) is 26.0. The molecule has 0 spiro atoms. The lowest BCUT2D eigenvalue weighted by molar-refractivity contribution is 0.0998. The zero-order chi connectivity index (χ0) is 18.1. The molecule has 0 fully saturated rings. The van der Waals surface area contributed by atoms with E-state index in [1.54, 1.807) is 30.6 Å². The lowest BCUT2D eigenvalue weighted by Crippen LogP contribution is -2.16. The van der Waals surface area contributed by atoms with Crippen LogP contribution >= 0.6 is 11.3 Å². The first-order valence-electron chi connectivity index (χ1n) is 7.99. The number of aromatic nitrogens is 3. The maximum absolute atomic E-state index is 12.7. The number of benzene rings is 2. The highest BCUT2D eigenvalue weighted by molar-refractivity contribution is 7.16. The van der Waals surface area contributed by atoms with Crippen molar-refractivity contribution in [3.63, 3.8) is 0 Å². The van der Waals surface area contributed by atoms with Crippen LogP contribution < -0.4 is 4.80 Å². The number of hydrogen-bond acceptors (Lipinski definition) is 4. The van der Waals surface area contributed by atoms with Gasteiger partial charge in [0.15, 0.2) is 4.80 Å². The lowest BCUT2D eigenvalue weighted by atomic mass is 10.2. The molecule has 4 aromatic rings. The van der Waals surface area contributed by atoms with Crippen LogP contribution in [0.15, 0.2) is 53.8 Å². The Labute approximate surface area is 153 Å². The number of terminal acetylenes is 1. The van der Waals surface area contributed by atoms with Gasteiger partial charge in [-0.15, -0.1) is 6.42 Å². The molecule has 1 amide bonds. The number of aryl methyl sites for hydroxylation is 1. The molecule has 6 heteroatoms. The minimum atomic E-state index is -0.327. The molecule has 0 saturated heterocycles. The van der Waals surface area contributed by atoms with Crippen molar-refractivity contribution in [3.05, 3.63) is 64.7 Å².